The van der Waals surface area contributed by atoms with E-state index in [2.05, 4.69) is 12.2 Å². The number of benzene rings is 2. The number of methoxy groups -OCH3 is 1. The van der Waals surface area contributed by atoms with Crippen LogP contribution in [0.4, 0.5) is 11.4 Å². The molecule has 0 saturated heterocycles. The third kappa shape index (κ3) is 3.23. The van der Waals surface area contributed by atoms with E-state index in [1.54, 1.807) is 7.11 Å². The van der Waals surface area contributed by atoms with Gasteiger partial charge in [-0.1, -0.05) is 29.9 Å². The van der Waals surface area contributed by atoms with Crippen molar-refractivity contribution in [3.8, 4) is 5.75 Å². The third-order valence-electron chi connectivity index (χ3n) is 2.82. The first-order valence-electron chi connectivity index (χ1n) is 5.91. The zero-order valence-electron chi connectivity index (χ0n) is 10.9. The number of anilines is 2. The van der Waals surface area contributed by atoms with Crippen molar-refractivity contribution in [1.29, 1.82) is 0 Å². The van der Waals surface area contributed by atoms with Crippen LogP contribution >= 0.6 is 12.2 Å². The van der Waals surface area contributed by atoms with Gasteiger partial charge < -0.3 is 15.8 Å². The van der Waals surface area contributed by atoms with Gasteiger partial charge >= 0.3 is 0 Å². The van der Waals surface area contributed by atoms with Gasteiger partial charge in [-0.25, -0.2) is 0 Å². The normalized spacial score (nSPS) is 10.0. The maximum Gasteiger partial charge on any atom is 0.120 e. The van der Waals surface area contributed by atoms with Crippen molar-refractivity contribution in [2.45, 2.75) is 6.92 Å². The molecule has 0 aliphatic carbocycles. The molecule has 98 valence electrons. The second-order valence-electron chi connectivity index (χ2n) is 4.27. The molecule has 19 heavy (non-hydrogen) atoms. The molecule has 0 saturated carbocycles. The summed E-state index contributed by atoms with van der Waals surface area (Å²) in [6, 6.07) is 13.7. The number of ether oxygens (including phenoxy) is 1. The molecule has 0 aliphatic rings. The summed E-state index contributed by atoms with van der Waals surface area (Å²) in [5.41, 5.74) is 9.58. The summed E-state index contributed by atoms with van der Waals surface area (Å²) in [5, 5.41) is 3.31. The minimum absolute atomic E-state index is 0.359. The average Bonchev–Trinajstić information content (AvgIpc) is 2.41. The SMILES string of the molecule is COc1ccc(C(N)=S)c(Nc2ccc(C)cc2)c1. The molecule has 0 aromatic heterocycles. The van der Waals surface area contributed by atoms with Gasteiger partial charge in [0, 0.05) is 17.3 Å². The summed E-state index contributed by atoms with van der Waals surface area (Å²) in [4.78, 5) is 0.359. The molecular formula is C15H16N2OS. The van der Waals surface area contributed by atoms with E-state index in [9.17, 15) is 0 Å². The molecule has 0 amide bonds. The van der Waals surface area contributed by atoms with Gasteiger partial charge in [0.1, 0.15) is 10.7 Å². The van der Waals surface area contributed by atoms with E-state index in [-0.39, 0.29) is 0 Å². The smallest absolute Gasteiger partial charge is 0.120 e. The van der Waals surface area contributed by atoms with Crippen molar-refractivity contribution in [1.82, 2.24) is 0 Å². The number of aryl methyl sites for hydroxylation is 1. The van der Waals surface area contributed by atoms with E-state index in [1.807, 2.05) is 42.5 Å². The van der Waals surface area contributed by atoms with Crippen LogP contribution in [0.1, 0.15) is 11.1 Å². The highest BCUT2D eigenvalue weighted by atomic mass is 32.1. The van der Waals surface area contributed by atoms with Crippen LogP contribution in [0.25, 0.3) is 0 Å². The zero-order chi connectivity index (χ0) is 13.8. The van der Waals surface area contributed by atoms with Gasteiger partial charge in [0.25, 0.3) is 0 Å². The van der Waals surface area contributed by atoms with Gasteiger partial charge in [-0.15, -0.1) is 0 Å². The Morgan fingerprint density at radius 2 is 1.84 bits per heavy atom. The van der Waals surface area contributed by atoms with Crippen molar-refractivity contribution in [2.24, 2.45) is 5.73 Å². The van der Waals surface area contributed by atoms with Crippen LogP contribution in [0.3, 0.4) is 0 Å². The van der Waals surface area contributed by atoms with Gasteiger partial charge in [-0.2, -0.15) is 0 Å². The minimum Gasteiger partial charge on any atom is -0.497 e. The molecule has 0 unspecified atom stereocenters. The van der Waals surface area contributed by atoms with Gasteiger partial charge in [-0.3, -0.25) is 0 Å². The quantitative estimate of drug-likeness (QED) is 0.838. The molecule has 0 spiro atoms. The molecule has 0 atom stereocenters. The summed E-state index contributed by atoms with van der Waals surface area (Å²) in [6.07, 6.45) is 0. The number of thiocarbonyl (C=S) groups is 1. The van der Waals surface area contributed by atoms with E-state index < -0.39 is 0 Å². The van der Waals surface area contributed by atoms with E-state index in [1.165, 1.54) is 5.56 Å². The lowest BCUT2D eigenvalue weighted by Gasteiger charge is -2.13. The first-order valence-corrected chi connectivity index (χ1v) is 6.32. The van der Waals surface area contributed by atoms with Crippen LogP contribution in [0.2, 0.25) is 0 Å². The lowest BCUT2D eigenvalue weighted by atomic mass is 10.1. The van der Waals surface area contributed by atoms with E-state index in [0.29, 0.717) is 4.99 Å². The molecule has 0 heterocycles. The van der Waals surface area contributed by atoms with Gasteiger partial charge in [-0.05, 0) is 31.2 Å². The molecular weight excluding hydrogens is 256 g/mol. The highest BCUT2D eigenvalue weighted by Gasteiger charge is 2.07. The Morgan fingerprint density at radius 1 is 1.16 bits per heavy atom. The molecule has 0 fully saturated rings. The van der Waals surface area contributed by atoms with Crippen molar-refractivity contribution in [3.63, 3.8) is 0 Å². The second-order valence-corrected chi connectivity index (χ2v) is 4.71. The van der Waals surface area contributed by atoms with Crippen LogP contribution in [0, 0.1) is 6.92 Å². The number of hydrogen-bond donors (Lipinski definition) is 2. The Bertz CT molecular complexity index is 594. The van der Waals surface area contributed by atoms with E-state index in [0.717, 1.165) is 22.7 Å². The Morgan fingerprint density at radius 3 is 2.42 bits per heavy atom. The number of nitrogens with one attached hydrogen (secondary N) is 1. The average molecular weight is 272 g/mol. The van der Waals surface area contributed by atoms with Crippen molar-refractivity contribution < 1.29 is 4.74 Å². The second kappa shape index (κ2) is 5.71. The Labute approximate surface area is 118 Å². The monoisotopic (exact) mass is 272 g/mol. The minimum atomic E-state index is 0.359. The van der Waals surface area contributed by atoms with Gasteiger partial charge in [0.15, 0.2) is 0 Å². The summed E-state index contributed by atoms with van der Waals surface area (Å²) in [5.74, 6) is 0.759. The molecule has 2 rings (SSSR count). The van der Waals surface area contributed by atoms with Crippen LogP contribution in [0.5, 0.6) is 5.75 Å². The summed E-state index contributed by atoms with van der Waals surface area (Å²) >= 11 is 5.06. The van der Waals surface area contributed by atoms with Crippen LogP contribution < -0.4 is 15.8 Å². The van der Waals surface area contributed by atoms with Gasteiger partial charge in [0.05, 0.1) is 12.8 Å². The first-order chi connectivity index (χ1) is 9.10. The number of hydrogen-bond acceptors (Lipinski definition) is 3. The first kappa shape index (κ1) is 13.4. The highest BCUT2D eigenvalue weighted by molar-refractivity contribution is 7.80. The summed E-state index contributed by atoms with van der Waals surface area (Å²) in [6.45, 7) is 2.05. The molecule has 0 bridgehead atoms. The molecule has 3 nitrogen and oxygen atoms in total. The molecule has 0 aliphatic heterocycles. The van der Waals surface area contributed by atoms with Crippen LogP contribution in [-0.4, -0.2) is 12.1 Å². The van der Waals surface area contributed by atoms with Crippen molar-refractivity contribution in [2.75, 3.05) is 12.4 Å². The Kier molecular flexibility index (Phi) is 4.02. The highest BCUT2D eigenvalue weighted by Crippen LogP contribution is 2.26. The maximum atomic E-state index is 5.73. The van der Waals surface area contributed by atoms with E-state index >= 15 is 0 Å². The number of nitrogens with two attached hydrogens (primary N) is 1. The predicted molar refractivity (Wildman–Crippen MR) is 83.3 cm³/mol. The Balaban J connectivity index is 2.36. The predicted octanol–water partition coefficient (Wildman–Crippen LogP) is 3.38. The van der Waals surface area contributed by atoms with Crippen molar-refractivity contribution >= 4 is 28.6 Å². The molecule has 4 heteroatoms. The topological polar surface area (TPSA) is 47.3 Å². The summed E-state index contributed by atoms with van der Waals surface area (Å²) in [7, 11) is 1.63. The maximum absolute atomic E-state index is 5.73. The largest absolute Gasteiger partial charge is 0.497 e. The fourth-order valence-electron chi connectivity index (χ4n) is 1.76. The van der Waals surface area contributed by atoms with Crippen LogP contribution in [0.15, 0.2) is 42.5 Å². The third-order valence-corrected chi connectivity index (χ3v) is 3.04. The summed E-state index contributed by atoms with van der Waals surface area (Å²) < 4.78 is 5.22. The standard InChI is InChI=1S/C15H16N2OS/c1-10-3-5-11(6-4-10)17-14-9-12(18-2)7-8-13(14)15(16)19/h3-9,17H,1-2H3,(H2,16,19). The lowest BCUT2D eigenvalue weighted by Crippen LogP contribution is -2.12. The fourth-order valence-corrected chi connectivity index (χ4v) is 1.94. The molecule has 0 radical (unpaired) electrons. The van der Waals surface area contributed by atoms with Crippen LogP contribution in [-0.2, 0) is 0 Å². The molecule has 2 aromatic rings. The fraction of sp³-hybridized carbons (Fsp3) is 0.133. The molecule has 3 N–H and O–H groups in total. The lowest BCUT2D eigenvalue weighted by molar-refractivity contribution is 0.415. The zero-order valence-corrected chi connectivity index (χ0v) is 11.8. The number of rotatable bonds is 4. The van der Waals surface area contributed by atoms with Crippen molar-refractivity contribution in [3.05, 3.63) is 53.6 Å². The Hall–Kier alpha value is -2.07. The van der Waals surface area contributed by atoms with E-state index in [4.69, 9.17) is 22.7 Å². The molecule has 2 aromatic carbocycles. The van der Waals surface area contributed by atoms with Gasteiger partial charge in [0.2, 0.25) is 0 Å².